The first kappa shape index (κ1) is 14.4. The Bertz CT molecular complexity index is 534. The highest BCUT2D eigenvalue weighted by molar-refractivity contribution is 7.89. The number of nitrogens with zero attached hydrogens (tertiary/aromatic N) is 1. The van der Waals surface area contributed by atoms with Crippen LogP contribution in [-0.2, 0) is 16.6 Å². The van der Waals surface area contributed by atoms with E-state index in [1.165, 1.54) is 6.20 Å². The zero-order valence-electron chi connectivity index (χ0n) is 11.4. The van der Waals surface area contributed by atoms with Crippen LogP contribution in [0.25, 0.3) is 0 Å². The maximum atomic E-state index is 12.1. The molecule has 1 aromatic rings. The van der Waals surface area contributed by atoms with Gasteiger partial charge >= 0.3 is 0 Å². The van der Waals surface area contributed by atoms with Gasteiger partial charge in [-0.1, -0.05) is 13.8 Å². The van der Waals surface area contributed by atoms with Crippen LogP contribution in [0, 0.1) is 11.3 Å². The van der Waals surface area contributed by atoms with Gasteiger partial charge in [0.05, 0.1) is 5.69 Å². The largest absolute Gasteiger partial charge is 0.325 e. The first-order valence-corrected chi connectivity index (χ1v) is 8.03. The molecule has 0 amide bonds. The molecule has 0 radical (unpaired) electrons. The Kier molecular flexibility index (Phi) is 3.94. The summed E-state index contributed by atoms with van der Waals surface area (Å²) in [6, 6.07) is 3.19. The van der Waals surface area contributed by atoms with E-state index >= 15 is 0 Å². The van der Waals surface area contributed by atoms with Crippen molar-refractivity contribution in [2.24, 2.45) is 17.1 Å². The number of hydrogen-bond acceptors (Lipinski definition) is 4. The molecule has 1 fully saturated rings. The fourth-order valence-electron chi connectivity index (χ4n) is 2.13. The van der Waals surface area contributed by atoms with Crippen LogP contribution in [0.15, 0.2) is 23.2 Å². The van der Waals surface area contributed by atoms with E-state index in [9.17, 15) is 8.42 Å². The lowest BCUT2D eigenvalue weighted by atomic mass is 9.93. The summed E-state index contributed by atoms with van der Waals surface area (Å²) in [5.74, 6) is 0.493. The molecule has 1 saturated carbocycles. The van der Waals surface area contributed by atoms with Crippen LogP contribution in [0.5, 0.6) is 0 Å². The van der Waals surface area contributed by atoms with Crippen LogP contribution in [0.1, 0.15) is 32.4 Å². The summed E-state index contributed by atoms with van der Waals surface area (Å²) in [5, 5.41) is 0. The van der Waals surface area contributed by atoms with Gasteiger partial charge in [-0.2, -0.15) is 0 Å². The SMILES string of the molecule is CC(C)C1(CNS(=O)(=O)c2ccc(CN)nc2)CC1. The molecule has 3 N–H and O–H groups in total. The van der Waals surface area contributed by atoms with Crippen molar-refractivity contribution in [3.05, 3.63) is 24.0 Å². The van der Waals surface area contributed by atoms with Gasteiger partial charge in [0.1, 0.15) is 4.90 Å². The highest BCUT2D eigenvalue weighted by Gasteiger charge is 2.45. The Morgan fingerprint density at radius 3 is 2.53 bits per heavy atom. The molecule has 0 atom stereocenters. The predicted molar refractivity (Wildman–Crippen MR) is 73.8 cm³/mol. The highest BCUT2D eigenvalue weighted by Crippen LogP contribution is 2.51. The van der Waals surface area contributed by atoms with E-state index in [1.807, 2.05) is 0 Å². The van der Waals surface area contributed by atoms with E-state index in [0.29, 0.717) is 24.7 Å². The molecule has 0 aromatic carbocycles. The maximum Gasteiger partial charge on any atom is 0.242 e. The van der Waals surface area contributed by atoms with Gasteiger partial charge < -0.3 is 5.73 Å². The molecule has 5 nitrogen and oxygen atoms in total. The summed E-state index contributed by atoms with van der Waals surface area (Å²) in [6.07, 6.45) is 3.55. The Morgan fingerprint density at radius 1 is 1.42 bits per heavy atom. The third-order valence-corrected chi connectivity index (χ3v) is 5.43. The van der Waals surface area contributed by atoms with E-state index in [1.54, 1.807) is 12.1 Å². The van der Waals surface area contributed by atoms with Crippen molar-refractivity contribution >= 4 is 10.0 Å². The average molecular weight is 283 g/mol. The van der Waals surface area contributed by atoms with E-state index in [0.717, 1.165) is 12.8 Å². The van der Waals surface area contributed by atoms with Crippen LogP contribution in [0.2, 0.25) is 0 Å². The Balaban J connectivity index is 2.06. The number of nitrogens with one attached hydrogen (secondary N) is 1. The second kappa shape index (κ2) is 5.19. The molecule has 6 heteroatoms. The lowest BCUT2D eigenvalue weighted by molar-refractivity contribution is 0.357. The fourth-order valence-corrected chi connectivity index (χ4v) is 3.21. The van der Waals surface area contributed by atoms with Gasteiger partial charge in [0.2, 0.25) is 10.0 Å². The van der Waals surface area contributed by atoms with Crippen molar-refractivity contribution in [1.82, 2.24) is 9.71 Å². The molecular formula is C13H21N3O2S. The Hall–Kier alpha value is -0.980. The smallest absolute Gasteiger partial charge is 0.242 e. The molecular weight excluding hydrogens is 262 g/mol. The van der Waals surface area contributed by atoms with E-state index in [4.69, 9.17) is 5.73 Å². The van der Waals surface area contributed by atoms with Crippen LogP contribution < -0.4 is 10.5 Å². The van der Waals surface area contributed by atoms with E-state index < -0.39 is 10.0 Å². The molecule has 2 rings (SSSR count). The summed E-state index contributed by atoms with van der Waals surface area (Å²) in [4.78, 5) is 4.21. The Labute approximate surface area is 114 Å². The number of pyridine rings is 1. The normalized spacial score (nSPS) is 17.7. The summed E-state index contributed by atoms with van der Waals surface area (Å²) in [5.41, 5.74) is 6.27. The molecule has 0 spiro atoms. The molecule has 0 unspecified atom stereocenters. The van der Waals surface area contributed by atoms with Gasteiger partial charge in [-0.15, -0.1) is 0 Å². The lowest BCUT2D eigenvalue weighted by Gasteiger charge is -2.19. The molecule has 1 aromatic heterocycles. The summed E-state index contributed by atoms with van der Waals surface area (Å²) >= 11 is 0. The minimum Gasteiger partial charge on any atom is -0.325 e. The van der Waals surface area contributed by atoms with Crippen LogP contribution in [0.3, 0.4) is 0 Å². The van der Waals surface area contributed by atoms with Crippen molar-refractivity contribution in [2.75, 3.05) is 6.54 Å². The monoisotopic (exact) mass is 283 g/mol. The van der Waals surface area contributed by atoms with Crippen molar-refractivity contribution in [2.45, 2.75) is 38.1 Å². The molecule has 0 bridgehead atoms. The minimum absolute atomic E-state index is 0.150. The second-order valence-electron chi connectivity index (χ2n) is 5.53. The summed E-state index contributed by atoms with van der Waals surface area (Å²) in [7, 11) is -3.47. The predicted octanol–water partition coefficient (Wildman–Crippen LogP) is 1.25. The third kappa shape index (κ3) is 3.13. The third-order valence-electron chi connectivity index (χ3n) is 4.05. The number of hydrogen-bond donors (Lipinski definition) is 2. The molecule has 0 saturated heterocycles. The van der Waals surface area contributed by atoms with Gasteiger partial charge in [-0.05, 0) is 36.3 Å². The van der Waals surface area contributed by atoms with Crippen molar-refractivity contribution in [3.8, 4) is 0 Å². The lowest BCUT2D eigenvalue weighted by Crippen LogP contribution is -2.32. The zero-order chi connectivity index (χ0) is 14.1. The molecule has 106 valence electrons. The average Bonchev–Trinajstić information content (AvgIpc) is 3.18. The number of aromatic nitrogens is 1. The number of nitrogens with two attached hydrogens (primary N) is 1. The fraction of sp³-hybridized carbons (Fsp3) is 0.615. The highest BCUT2D eigenvalue weighted by atomic mass is 32.2. The first-order chi connectivity index (χ1) is 8.89. The van der Waals surface area contributed by atoms with Crippen molar-refractivity contribution in [3.63, 3.8) is 0 Å². The summed E-state index contributed by atoms with van der Waals surface area (Å²) < 4.78 is 27.0. The Morgan fingerprint density at radius 2 is 2.11 bits per heavy atom. The van der Waals surface area contributed by atoms with Crippen LogP contribution in [0.4, 0.5) is 0 Å². The van der Waals surface area contributed by atoms with Crippen molar-refractivity contribution in [1.29, 1.82) is 0 Å². The van der Waals surface area contributed by atoms with Crippen molar-refractivity contribution < 1.29 is 8.42 Å². The van der Waals surface area contributed by atoms with Gasteiger partial charge in [0, 0.05) is 19.3 Å². The minimum atomic E-state index is -3.47. The van der Waals surface area contributed by atoms with Gasteiger partial charge in [0.15, 0.2) is 0 Å². The molecule has 19 heavy (non-hydrogen) atoms. The number of sulfonamides is 1. The van der Waals surface area contributed by atoms with Crippen LogP contribution in [-0.4, -0.2) is 19.9 Å². The quantitative estimate of drug-likeness (QED) is 0.823. The zero-order valence-corrected chi connectivity index (χ0v) is 12.2. The van der Waals surface area contributed by atoms with Gasteiger partial charge in [0.25, 0.3) is 0 Å². The summed E-state index contributed by atoms with van der Waals surface area (Å²) in [6.45, 7) is 5.09. The molecule has 1 aliphatic carbocycles. The molecule has 1 aliphatic rings. The second-order valence-corrected chi connectivity index (χ2v) is 7.30. The topological polar surface area (TPSA) is 85.1 Å². The van der Waals surface area contributed by atoms with E-state index in [2.05, 4.69) is 23.6 Å². The van der Waals surface area contributed by atoms with Gasteiger partial charge in [-0.25, -0.2) is 13.1 Å². The van der Waals surface area contributed by atoms with Gasteiger partial charge in [-0.3, -0.25) is 4.98 Å². The standard InChI is InChI=1S/C13H21N3O2S/c1-10(2)13(5-6-13)9-16-19(17,18)12-4-3-11(7-14)15-8-12/h3-4,8,10,16H,5-7,9,14H2,1-2H3. The van der Waals surface area contributed by atoms with E-state index in [-0.39, 0.29) is 10.3 Å². The first-order valence-electron chi connectivity index (χ1n) is 6.54. The molecule has 0 aliphatic heterocycles. The molecule has 1 heterocycles. The number of rotatable bonds is 6. The maximum absolute atomic E-state index is 12.1. The van der Waals surface area contributed by atoms with Crippen LogP contribution >= 0.6 is 0 Å².